The van der Waals surface area contributed by atoms with E-state index in [1.165, 1.54) is 0 Å². The molecule has 1 N–H and O–H groups in total. The van der Waals surface area contributed by atoms with Gasteiger partial charge in [-0.2, -0.15) is 0 Å². The number of ether oxygens (including phenoxy) is 1. The molecule has 106 valence electrons. The van der Waals surface area contributed by atoms with Crippen LogP contribution in [0.3, 0.4) is 0 Å². The summed E-state index contributed by atoms with van der Waals surface area (Å²) in [6.07, 6.45) is 0. The SMILES string of the molecule is C/C(=N/O)c1cccc(OCc2nc3ccccc3s2)c1. The van der Waals surface area contributed by atoms with Crippen molar-refractivity contribution in [2.45, 2.75) is 13.5 Å². The second kappa shape index (κ2) is 5.93. The molecule has 0 spiro atoms. The summed E-state index contributed by atoms with van der Waals surface area (Å²) in [6, 6.07) is 15.5. The van der Waals surface area contributed by atoms with Crippen LogP contribution in [0.5, 0.6) is 5.75 Å². The first kappa shape index (κ1) is 13.6. The zero-order valence-corrected chi connectivity index (χ0v) is 12.3. The number of oxime groups is 1. The van der Waals surface area contributed by atoms with Gasteiger partial charge in [0.25, 0.3) is 0 Å². The Balaban J connectivity index is 1.75. The van der Waals surface area contributed by atoms with E-state index in [1.54, 1.807) is 18.3 Å². The Kier molecular flexibility index (Phi) is 3.83. The number of benzene rings is 2. The van der Waals surface area contributed by atoms with E-state index < -0.39 is 0 Å². The molecule has 5 heteroatoms. The summed E-state index contributed by atoms with van der Waals surface area (Å²) in [6.45, 7) is 2.17. The van der Waals surface area contributed by atoms with Gasteiger partial charge >= 0.3 is 0 Å². The Morgan fingerprint density at radius 1 is 1.24 bits per heavy atom. The lowest BCUT2D eigenvalue weighted by Crippen LogP contribution is -1.98. The monoisotopic (exact) mass is 298 g/mol. The van der Waals surface area contributed by atoms with E-state index in [-0.39, 0.29) is 0 Å². The van der Waals surface area contributed by atoms with Crippen LogP contribution in [0.1, 0.15) is 17.5 Å². The number of thiazole rings is 1. The minimum Gasteiger partial charge on any atom is -0.486 e. The van der Waals surface area contributed by atoms with Gasteiger partial charge in [0, 0.05) is 5.56 Å². The molecular weight excluding hydrogens is 284 g/mol. The van der Waals surface area contributed by atoms with Gasteiger partial charge in [0.15, 0.2) is 0 Å². The van der Waals surface area contributed by atoms with Gasteiger partial charge in [-0.25, -0.2) is 4.98 Å². The summed E-state index contributed by atoms with van der Waals surface area (Å²) >= 11 is 1.63. The highest BCUT2D eigenvalue weighted by Crippen LogP contribution is 2.23. The van der Waals surface area contributed by atoms with E-state index in [0.717, 1.165) is 26.5 Å². The predicted octanol–water partition coefficient (Wildman–Crippen LogP) is 4.07. The minimum atomic E-state index is 0.429. The quantitative estimate of drug-likeness (QED) is 0.449. The highest BCUT2D eigenvalue weighted by Gasteiger charge is 2.05. The Hall–Kier alpha value is -2.40. The van der Waals surface area contributed by atoms with Crippen molar-refractivity contribution in [3.63, 3.8) is 0 Å². The van der Waals surface area contributed by atoms with Gasteiger partial charge in [0.2, 0.25) is 0 Å². The summed E-state index contributed by atoms with van der Waals surface area (Å²) in [5.41, 5.74) is 2.39. The summed E-state index contributed by atoms with van der Waals surface area (Å²) < 4.78 is 6.93. The fourth-order valence-electron chi connectivity index (χ4n) is 2.00. The van der Waals surface area contributed by atoms with Crippen molar-refractivity contribution in [1.82, 2.24) is 4.98 Å². The van der Waals surface area contributed by atoms with Crippen molar-refractivity contribution < 1.29 is 9.94 Å². The minimum absolute atomic E-state index is 0.429. The number of aromatic nitrogens is 1. The maximum absolute atomic E-state index is 8.81. The second-order valence-electron chi connectivity index (χ2n) is 4.58. The summed E-state index contributed by atoms with van der Waals surface area (Å²) in [5, 5.41) is 12.9. The van der Waals surface area contributed by atoms with Gasteiger partial charge in [-0.1, -0.05) is 29.4 Å². The highest BCUT2D eigenvalue weighted by atomic mass is 32.1. The molecule has 0 amide bonds. The summed E-state index contributed by atoms with van der Waals surface area (Å²) in [7, 11) is 0. The summed E-state index contributed by atoms with van der Waals surface area (Å²) in [4.78, 5) is 4.53. The lowest BCUT2D eigenvalue weighted by Gasteiger charge is -2.05. The molecule has 2 aromatic carbocycles. The van der Waals surface area contributed by atoms with Crippen LogP contribution in [-0.4, -0.2) is 15.9 Å². The third-order valence-electron chi connectivity index (χ3n) is 3.10. The van der Waals surface area contributed by atoms with E-state index in [2.05, 4.69) is 16.2 Å². The maximum atomic E-state index is 8.81. The molecule has 3 aromatic rings. The molecule has 0 aliphatic rings. The Bertz CT molecular complexity index is 763. The molecule has 1 heterocycles. The predicted molar refractivity (Wildman–Crippen MR) is 84.4 cm³/mol. The molecule has 0 saturated heterocycles. The van der Waals surface area contributed by atoms with Crippen LogP contribution in [0.15, 0.2) is 53.7 Å². The van der Waals surface area contributed by atoms with Gasteiger partial charge in [0.1, 0.15) is 17.4 Å². The largest absolute Gasteiger partial charge is 0.486 e. The average Bonchev–Trinajstić information content (AvgIpc) is 2.95. The van der Waals surface area contributed by atoms with Gasteiger partial charge in [-0.3, -0.25) is 0 Å². The zero-order chi connectivity index (χ0) is 14.7. The lowest BCUT2D eigenvalue weighted by molar-refractivity contribution is 0.305. The first-order valence-corrected chi connectivity index (χ1v) is 7.34. The van der Waals surface area contributed by atoms with Gasteiger partial charge in [-0.15, -0.1) is 11.3 Å². The third-order valence-corrected chi connectivity index (χ3v) is 4.11. The number of rotatable bonds is 4. The van der Waals surface area contributed by atoms with Crippen molar-refractivity contribution in [1.29, 1.82) is 0 Å². The molecule has 0 radical (unpaired) electrons. The molecular formula is C16H14N2O2S. The Morgan fingerprint density at radius 2 is 2.10 bits per heavy atom. The van der Waals surface area contributed by atoms with Crippen molar-refractivity contribution in [2.75, 3.05) is 0 Å². The zero-order valence-electron chi connectivity index (χ0n) is 11.5. The van der Waals surface area contributed by atoms with Crippen LogP contribution in [0.2, 0.25) is 0 Å². The molecule has 0 aliphatic carbocycles. The average molecular weight is 298 g/mol. The normalized spacial score (nSPS) is 11.8. The molecule has 3 rings (SSSR count). The standard InChI is InChI=1S/C16H14N2O2S/c1-11(18-19)12-5-4-6-13(9-12)20-10-16-17-14-7-2-3-8-15(14)21-16/h2-9,19H,10H2,1H3/b18-11-. The fraction of sp³-hybridized carbons (Fsp3) is 0.125. The molecule has 4 nitrogen and oxygen atoms in total. The molecule has 0 unspecified atom stereocenters. The Morgan fingerprint density at radius 3 is 2.90 bits per heavy atom. The molecule has 0 bridgehead atoms. The van der Waals surface area contributed by atoms with E-state index in [1.807, 2.05) is 42.5 Å². The number of nitrogens with zero attached hydrogens (tertiary/aromatic N) is 2. The van der Waals surface area contributed by atoms with Crippen LogP contribution in [0.4, 0.5) is 0 Å². The highest BCUT2D eigenvalue weighted by molar-refractivity contribution is 7.18. The first-order valence-electron chi connectivity index (χ1n) is 6.52. The summed E-state index contributed by atoms with van der Waals surface area (Å²) in [5.74, 6) is 0.731. The number of para-hydroxylation sites is 1. The number of hydrogen-bond donors (Lipinski definition) is 1. The maximum Gasteiger partial charge on any atom is 0.140 e. The van der Waals surface area contributed by atoms with E-state index in [9.17, 15) is 0 Å². The van der Waals surface area contributed by atoms with Gasteiger partial charge < -0.3 is 9.94 Å². The molecule has 0 saturated carbocycles. The van der Waals surface area contributed by atoms with Crippen LogP contribution in [-0.2, 0) is 6.61 Å². The van der Waals surface area contributed by atoms with Crippen molar-refractivity contribution in [3.8, 4) is 5.75 Å². The molecule has 0 fully saturated rings. The second-order valence-corrected chi connectivity index (χ2v) is 5.69. The van der Waals surface area contributed by atoms with Crippen LogP contribution >= 0.6 is 11.3 Å². The van der Waals surface area contributed by atoms with Crippen LogP contribution in [0, 0.1) is 0 Å². The number of fused-ring (bicyclic) bond motifs is 1. The van der Waals surface area contributed by atoms with Gasteiger partial charge in [-0.05, 0) is 31.2 Å². The molecule has 0 atom stereocenters. The Labute approximate surface area is 126 Å². The van der Waals surface area contributed by atoms with Crippen molar-refractivity contribution >= 4 is 27.3 Å². The molecule has 0 aliphatic heterocycles. The fourth-order valence-corrected chi connectivity index (χ4v) is 2.88. The first-order chi connectivity index (χ1) is 10.3. The molecule has 21 heavy (non-hydrogen) atoms. The van der Waals surface area contributed by atoms with Crippen molar-refractivity contribution in [2.24, 2.45) is 5.16 Å². The topological polar surface area (TPSA) is 54.7 Å². The smallest absolute Gasteiger partial charge is 0.140 e. The van der Waals surface area contributed by atoms with Crippen LogP contribution in [0.25, 0.3) is 10.2 Å². The van der Waals surface area contributed by atoms with E-state index in [4.69, 9.17) is 9.94 Å². The van der Waals surface area contributed by atoms with Gasteiger partial charge in [0.05, 0.1) is 15.9 Å². The van der Waals surface area contributed by atoms with E-state index >= 15 is 0 Å². The number of hydrogen-bond acceptors (Lipinski definition) is 5. The van der Waals surface area contributed by atoms with E-state index in [0.29, 0.717) is 12.3 Å². The molecule has 1 aromatic heterocycles. The third kappa shape index (κ3) is 3.03. The van der Waals surface area contributed by atoms with Crippen molar-refractivity contribution in [3.05, 3.63) is 59.1 Å². The van der Waals surface area contributed by atoms with Crippen LogP contribution < -0.4 is 4.74 Å². The lowest BCUT2D eigenvalue weighted by atomic mass is 10.1.